The summed E-state index contributed by atoms with van der Waals surface area (Å²) in [5.74, 6) is -0.0281. The first-order valence-corrected chi connectivity index (χ1v) is 8.55. The maximum absolute atomic E-state index is 12.3. The normalized spacial score (nSPS) is 12.3. The summed E-state index contributed by atoms with van der Waals surface area (Å²) in [5.41, 5.74) is 3.98. The first-order chi connectivity index (χ1) is 11.2. The molecule has 1 heterocycles. The fourth-order valence-electron chi connectivity index (χ4n) is 2.27. The Balaban J connectivity index is 1.64. The number of fused-ring (bicyclic) bond motifs is 1. The molecule has 0 aliphatic heterocycles. The van der Waals surface area contributed by atoms with Gasteiger partial charge in [0, 0.05) is 5.69 Å². The van der Waals surface area contributed by atoms with Gasteiger partial charge in [-0.3, -0.25) is 4.79 Å². The molecule has 1 amide bonds. The van der Waals surface area contributed by atoms with Crippen molar-refractivity contribution in [1.82, 2.24) is 9.97 Å². The number of amides is 1. The third-order valence-corrected chi connectivity index (χ3v) is 4.64. The highest BCUT2D eigenvalue weighted by atomic mass is 32.2. The molecule has 5 heteroatoms. The van der Waals surface area contributed by atoms with Gasteiger partial charge in [0.05, 0.1) is 16.3 Å². The van der Waals surface area contributed by atoms with Crippen LogP contribution in [0, 0.1) is 0 Å². The number of H-pyrrole nitrogens is 1. The zero-order chi connectivity index (χ0) is 16.2. The second kappa shape index (κ2) is 6.87. The van der Waals surface area contributed by atoms with E-state index >= 15 is 0 Å². The number of hydrogen-bond donors (Lipinski definition) is 2. The third-order valence-electron chi connectivity index (χ3n) is 3.66. The van der Waals surface area contributed by atoms with Gasteiger partial charge in [-0.15, -0.1) is 0 Å². The lowest BCUT2D eigenvalue weighted by Gasteiger charge is -2.10. The SMILES string of the molecule is CCc1ccc(NC(=O)C(C)Sc2nc3ccccc3[nH]2)cc1. The Morgan fingerprint density at radius 2 is 1.96 bits per heavy atom. The maximum atomic E-state index is 12.3. The number of rotatable bonds is 5. The van der Waals surface area contributed by atoms with Crippen LogP contribution in [-0.2, 0) is 11.2 Å². The van der Waals surface area contributed by atoms with E-state index in [1.165, 1.54) is 17.3 Å². The van der Waals surface area contributed by atoms with Crippen molar-refractivity contribution in [2.75, 3.05) is 5.32 Å². The summed E-state index contributed by atoms with van der Waals surface area (Å²) < 4.78 is 0. The molecule has 0 fully saturated rings. The molecule has 0 spiro atoms. The molecule has 0 aliphatic carbocycles. The quantitative estimate of drug-likeness (QED) is 0.690. The maximum Gasteiger partial charge on any atom is 0.237 e. The van der Waals surface area contributed by atoms with E-state index in [1.54, 1.807) is 0 Å². The second-order valence-corrected chi connectivity index (χ2v) is 6.69. The van der Waals surface area contributed by atoms with Gasteiger partial charge < -0.3 is 10.3 Å². The van der Waals surface area contributed by atoms with Crippen molar-refractivity contribution < 1.29 is 4.79 Å². The summed E-state index contributed by atoms with van der Waals surface area (Å²) in [7, 11) is 0. The minimum atomic E-state index is -0.235. The van der Waals surface area contributed by atoms with E-state index in [0.717, 1.165) is 28.3 Å². The Bertz CT molecular complexity index is 778. The van der Waals surface area contributed by atoms with Gasteiger partial charge in [-0.2, -0.15) is 0 Å². The Hall–Kier alpha value is -2.27. The molecule has 118 valence electrons. The van der Waals surface area contributed by atoms with Crippen LogP contribution in [0.4, 0.5) is 5.69 Å². The predicted octanol–water partition coefficient (Wildman–Crippen LogP) is 4.24. The van der Waals surface area contributed by atoms with Gasteiger partial charge in [0.25, 0.3) is 0 Å². The van der Waals surface area contributed by atoms with E-state index in [9.17, 15) is 4.79 Å². The molecular weight excluding hydrogens is 306 g/mol. The molecule has 0 saturated carbocycles. The fourth-order valence-corrected chi connectivity index (χ4v) is 3.09. The highest BCUT2D eigenvalue weighted by molar-refractivity contribution is 8.00. The first kappa shape index (κ1) is 15.6. The van der Waals surface area contributed by atoms with Crippen molar-refractivity contribution in [1.29, 1.82) is 0 Å². The average Bonchev–Trinajstić information content (AvgIpc) is 2.97. The second-order valence-electron chi connectivity index (χ2n) is 5.36. The smallest absolute Gasteiger partial charge is 0.237 e. The number of nitrogens with one attached hydrogen (secondary N) is 2. The Morgan fingerprint density at radius 3 is 2.65 bits per heavy atom. The van der Waals surface area contributed by atoms with Crippen molar-refractivity contribution in [2.45, 2.75) is 30.7 Å². The average molecular weight is 325 g/mol. The number of nitrogens with zero attached hydrogens (tertiary/aromatic N) is 1. The molecular formula is C18H19N3OS. The molecule has 2 N–H and O–H groups in total. The van der Waals surface area contributed by atoms with Crippen LogP contribution >= 0.6 is 11.8 Å². The first-order valence-electron chi connectivity index (χ1n) is 7.67. The molecule has 0 aliphatic rings. The van der Waals surface area contributed by atoms with Gasteiger partial charge >= 0.3 is 0 Å². The number of benzene rings is 2. The summed E-state index contributed by atoms with van der Waals surface area (Å²) in [6, 6.07) is 15.8. The molecule has 4 nitrogen and oxygen atoms in total. The highest BCUT2D eigenvalue weighted by Gasteiger charge is 2.16. The number of carbonyl (C=O) groups excluding carboxylic acids is 1. The number of aromatic nitrogens is 2. The minimum Gasteiger partial charge on any atom is -0.333 e. The molecule has 2 aromatic carbocycles. The van der Waals surface area contributed by atoms with E-state index in [-0.39, 0.29) is 11.2 Å². The summed E-state index contributed by atoms with van der Waals surface area (Å²) >= 11 is 1.43. The minimum absolute atomic E-state index is 0.0281. The van der Waals surface area contributed by atoms with E-state index in [2.05, 4.69) is 22.2 Å². The van der Waals surface area contributed by atoms with Crippen molar-refractivity contribution in [3.63, 3.8) is 0 Å². The van der Waals surface area contributed by atoms with Crippen LogP contribution in [0.5, 0.6) is 0 Å². The molecule has 3 aromatic rings. The van der Waals surface area contributed by atoms with Crippen molar-refractivity contribution in [2.24, 2.45) is 0 Å². The lowest BCUT2D eigenvalue weighted by atomic mass is 10.1. The zero-order valence-corrected chi connectivity index (χ0v) is 14.0. The van der Waals surface area contributed by atoms with E-state index in [1.807, 2.05) is 55.5 Å². The summed E-state index contributed by atoms with van der Waals surface area (Å²) in [4.78, 5) is 20.0. The van der Waals surface area contributed by atoms with Gasteiger partial charge in [0.1, 0.15) is 0 Å². The Morgan fingerprint density at radius 1 is 1.22 bits per heavy atom. The van der Waals surface area contributed by atoms with E-state index in [4.69, 9.17) is 0 Å². The predicted molar refractivity (Wildman–Crippen MR) is 95.9 cm³/mol. The highest BCUT2D eigenvalue weighted by Crippen LogP contribution is 2.24. The standard InChI is InChI=1S/C18H19N3OS/c1-3-13-8-10-14(11-9-13)19-17(22)12(2)23-18-20-15-6-4-5-7-16(15)21-18/h4-12H,3H2,1-2H3,(H,19,22)(H,20,21). The van der Waals surface area contributed by atoms with Crippen LogP contribution in [0.1, 0.15) is 19.4 Å². The largest absolute Gasteiger partial charge is 0.333 e. The lowest BCUT2D eigenvalue weighted by molar-refractivity contribution is -0.115. The van der Waals surface area contributed by atoms with Crippen LogP contribution in [-0.4, -0.2) is 21.1 Å². The van der Waals surface area contributed by atoms with Crippen LogP contribution in [0.25, 0.3) is 11.0 Å². The zero-order valence-electron chi connectivity index (χ0n) is 13.2. The molecule has 0 radical (unpaired) electrons. The lowest BCUT2D eigenvalue weighted by Crippen LogP contribution is -2.22. The number of imidazole rings is 1. The van der Waals surface area contributed by atoms with Crippen molar-refractivity contribution >= 4 is 34.4 Å². The molecule has 0 bridgehead atoms. The molecule has 1 aromatic heterocycles. The molecule has 23 heavy (non-hydrogen) atoms. The number of hydrogen-bond acceptors (Lipinski definition) is 3. The van der Waals surface area contributed by atoms with E-state index in [0.29, 0.717) is 0 Å². The van der Waals surface area contributed by atoms with Gasteiger partial charge in [-0.1, -0.05) is 43.0 Å². The van der Waals surface area contributed by atoms with Gasteiger partial charge in [-0.25, -0.2) is 4.98 Å². The van der Waals surface area contributed by atoms with Crippen LogP contribution < -0.4 is 5.32 Å². The molecule has 3 rings (SSSR count). The van der Waals surface area contributed by atoms with Gasteiger partial charge in [-0.05, 0) is 43.2 Å². The Kier molecular flexibility index (Phi) is 4.67. The van der Waals surface area contributed by atoms with Crippen molar-refractivity contribution in [3.05, 3.63) is 54.1 Å². The summed E-state index contributed by atoms with van der Waals surface area (Å²) in [6.07, 6.45) is 0.993. The summed E-state index contributed by atoms with van der Waals surface area (Å²) in [5, 5.41) is 3.47. The van der Waals surface area contributed by atoms with Crippen molar-refractivity contribution in [3.8, 4) is 0 Å². The number of para-hydroxylation sites is 2. The Labute approximate surface area is 139 Å². The molecule has 1 unspecified atom stereocenters. The summed E-state index contributed by atoms with van der Waals surface area (Å²) in [6.45, 7) is 3.99. The topological polar surface area (TPSA) is 57.8 Å². The molecule has 1 atom stereocenters. The van der Waals surface area contributed by atoms with Gasteiger partial charge in [0.2, 0.25) is 5.91 Å². The molecule has 0 saturated heterocycles. The number of thioether (sulfide) groups is 1. The third kappa shape index (κ3) is 3.74. The van der Waals surface area contributed by atoms with Crippen LogP contribution in [0.15, 0.2) is 53.7 Å². The van der Waals surface area contributed by atoms with Crippen LogP contribution in [0.2, 0.25) is 0 Å². The number of carbonyl (C=O) groups is 1. The number of aromatic amines is 1. The number of aryl methyl sites for hydroxylation is 1. The van der Waals surface area contributed by atoms with E-state index < -0.39 is 0 Å². The fraction of sp³-hybridized carbons (Fsp3) is 0.222. The number of anilines is 1. The van der Waals surface area contributed by atoms with Crippen LogP contribution in [0.3, 0.4) is 0 Å². The van der Waals surface area contributed by atoms with Gasteiger partial charge in [0.15, 0.2) is 5.16 Å². The monoisotopic (exact) mass is 325 g/mol.